The van der Waals surface area contributed by atoms with Crippen LogP contribution in [0.1, 0.15) is 63.1 Å². The highest BCUT2D eigenvalue weighted by Gasteiger charge is 2.31. The summed E-state index contributed by atoms with van der Waals surface area (Å²) in [7, 11) is -2.23. The first-order chi connectivity index (χ1) is 16.7. The molecule has 1 saturated carbocycles. The van der Waals surface area contributed by atoms with E-state index in [0.717, 1.165) is 43.9 Å². The molecule has 1 aliphatic rings. The summed E-state index contributed by atoms with van der Waals surface area (Å²) in [6.45, 7) is 4.15. The number of carbonyl (C=O) groups is 2. The monoisotopic (exact) mass is 523 g/mol. The third kappa shape index (κ3) is 7.58. The van der Waals surface area contributed by atoms with Crippen LogP contribution in [-0.2, 0) is 14.8 Å². The molecule has 1 fully saturated rings. The fraction of sp³-hybridized carbons (Fsp3) is 0.609. The van der Waals surface area contributed by atoms with E-state index in [-0.39, 0.29) is 40.4 Å². The molecule has 0 bridgehead atoms. The Morgan fingerprint density at radius 1 is 1.20 bits per heavy atom. The fourth-order valence-corrected chi connectivity index (χ4v) is 5.90. The molecule has 0 aliphatic heterocycles. The van der Waals surface area contributed by atoms with Gasteiger partial charge in [0.25, 0.3) is 21.1 Å². The summed E-state index contributed by atoms with van der Waals surface area (Å²) in [6.07, 6.45) is 6.80. The number of carbonyl (C=O) groups excluding carboxylic acids is 2. The van der Waals surface area contributed by atoms with E-state index >= 15 is 0 Å². The summed E-state index contributed by atoms with van der Waals surface area (Å²) in [6, 6.07) is 3.98. The molecular weight excluding hydrogens is 490 g/mol. The number of thioether (sulfide) groups is 1. The van der Waals surface area contributed by atoms with Gasteiger partial charge in [0.15, 0.2) is 5.03 Å². The van der Waals surface area contributed by atoms with E-state index in [1.54, 1.807) is 12.1 Å². The number of hydrogen-bond donors (Lipinski definition) is 1. The number of ketones is 1. The van der Waals surface area contributed by atoms with Crippen LogP contribution in [0.5, 0.6) is 0 Å². The molecule has 1 atom stereocenters. The third-order valence-electron chi connectivity index (χ3n) is 5.88. The average molecular weight is 524 g/mol. The Morgan fingerprint density at radius 3 is 2.60 bits per heavy atom. The van der Waals surface area contributed by atoms with E-state index in [2.05, 4.69) is 20.5 Å². The highest BCUT2D eigenvalue weighted by molar-refractivity contribution is 7.99. The number of hydrogen-bond acceptors (Lipinski definition) is 9. The van der Waals surface area contributed by atoms with Gasteiger partial charge in [-0.05, 0) is 37.3 Å². The highest BCUT2D eigenvalue weighted by atomic mass is 32.2. The molecule has 10 nitrogen and oxygen atoms in total. The number of pyridine rings is 1. The SMILES string of the molecule is CC(C)C[C@H](NC(=O)C1CCCCC1)C(=O)c1nnc(SCCN(C)S(=O)(=O)c2ccccn2)o1. The second kappa shape index (κ2) is 12.6. The van der Waals surface area contributed by atoms with Gasteiger partial charge in [-0.15, -0.1) is 10.2 Å². The molecule has 1 amide bonds. The Bertz CT molecular complexity index is 1080. The molecular formula is C23H33N5O5S2. The van der Waals surface area contributed by atoms with Crippen molar-refractivity contribution in [3.05, 3.63) is 30.3 Å². The normalized spacial score (nSPS) is 15.9. The van der Waals surface area contributed by atoms with Gasteiger partial charge in [-0.1, -0.05) is 50.9 Å². The van der Waals surface area contributed by atoms with E-state index in [1.807, 2.05) is 13.8 Å². The molecule has 0 unspecified atom stereocenters. The molecule has 35 heavy (non-hydrogen) atoms. The minimum atomic E-state index is -3.70. The van der Waals surface area contributed by atoms with Crippen molar-refractivity contribution in [2.24, 2.45) is 11.8 Å². The van der Waals surface area contributed by atoms with Crippen molar-refractivity contribution >= 4 is 33.5 Å². The van der Waals surface area contributed by atoms with Gasteiger partial charge in [0.2, 0.25) is 11.7 Å². The summed E-state index contributed by atoms with van der Waals surface area (Å²) in [5, 5.41) is 10.9. The van der Waals surface area contributed by atoms with Gasteiger partial charge >= 0.3 is 0 Å². The zero-order valence-electron chi connectivity index (χ0n) is 20.3. The van der Waals surface area contributed by atoms with E-state index in [1.165, 1.54) is 23.6 Å². The Morgan fingerprint density at radius 2 is 1.94 bits per heavy atom. The van der Waals surface area contributed by atoms with E-state index < -0.39 is 21.8 Å². The largest absolute Gasteiger partial charge is 0.408 e. The molecule has 0 radical (unpaired) electrons. The van der Waals surface area contributed by atoms with Crippen LogP contribution in [0.15, 0.2) is 39.1 Å². The molecule has 12 heteroatoms. The van der Waals surface area contributed by atoms with Crippen LogP contribution >= 0.6 is 11.8 Å². The van der Waals surface area contributed by atoms with Crippen LogP contribution in [-0.4, -0.2) is 65.0 Å². The fourth-order valence-electron chi connectivity index (χ4n) is 3.92. The maximum absolute atomic E-state index is 13.1. The van der Waals surface area contributed by atoms with Gasteiger partial charge in [-0.3, -0.25) is 9.59 Å². The molecule has 0 aromatic carbocycles. The van der Waals surface area contributed by atoms with Crippen LogP contribution in [0, 0.1) is 11.8 Å². The van der Waals surface area contributed by atoms with Crippen LogP contribution in [0.3, 0.4) is 0 Å². The van der Waals surface area contributed by atoms with Crippen LogP contribution in [0.2, 0.25) is 0 Å². The molecule has 2 heterocycles. The summed E-state index contributed by atoms with van der Waals surface area (Å²) >= 11 is 1.15. The first kappa shape index (κ1) is 27.3. The van der Waals surface area contributed by atoms with Crippen molar-refractivity contribution in [1.29, 1.82) is 0 Å². The molecule has 0 saturated heterocycles. The topological polar surface area (TPSA) is 135 Å². The highest BCUT2D eigenvalue weighted by Crippen LogP contribution is 2.25. The minimum Gasteiger partial charge on any atom is -0.408 e. The van der Waals surface area contributed by atoms with Gasteiger partial charge in [-0.2, -0.15) is 4.31 Å². The summed E-state index contributed by atoms with van der Waals surface area (Å²) in [4.78, 5) is 29.7. The summed E-state index contributed by atoms with van der Waals surface area (Å²) in [5.74, 6) is -0.182. The molecule has 2 aromatic heterocycles. The number of amides is 1. The van der Waals surface area contributed by atoms with Gasteiger partial charge < -0.3 is 9.73 Å². The number of Topliss-reactive ketones (excluding diaryl/α,β-unsaturated/α-hetero) is 1. The van der Waals surface area contributed by atoms with Crippen molar-refractivity contribution in [3.63, 3.8) is 0 Å². The predicted octanol–water partition coefficient (Wildman–Crippen LogP) is 3.17. The Kier molecular flexibility index (Phi) is 9.81. The number of nitrogens with one attached hydrogen (secondary N) is 1. The maximum Gasteiger partial charge on any atom is 0.286 e. The number of nitrogens with zero attached hydrogens (tertiary/aromatic N) is 4. The van der Waals surface area contributed by atoms with Gasteiger partial charge in [-0.25, -0.2) is 13.4 Å². The van der Waals surface area contributed by atoms with E-state index in [4.69, 9.17) is 4.42 Å². The Hall–Kier alpha value is -2.31. The lowest BCUT2D eigenvalue weighted by Gasteiger charge is -2.24. The van der Waals surface area contributed by atoms with Crippen LogP contribution in [0.25, 0.3) is 0 Å². The lowest BCUT2D eigenvalue weighted by atomic mass is 9.88. The second-order valence-corrected chi connectivity index (χ2v) is 12.1. The molecule has 1 N–H and O–H groups in total. The van der Waals surface area contributed by atoms with Crippen molar-refractivity contribution in [2.75, 3.05) is 19.3 Å². The van der Waals surface area contributed by atoms with Crippen LogP contribution in [0.4, 0.5) is 0 Å². The zero-order chi connectivity index (χ0) is 25.4. The maximum atomic E-state index is 13.1. The molecule has 192 valence electrons. The molecule has 0 spiro atoms. The van der Waals surface area contributed by atoms with Crippen molar-refractivity contribution in [2.45, 2.75) is 68.7 Å². The van der Waals surface area contributed by atoms with Crippen LogP contribution < -0.4 is 5.32 Å². The lowest BCUT2D eigenvalue weighted by molar-refractivity contribution is -0.126. The smallest absolute Gasteiger partial charge is 0.286 e. The standard InChI is InChI=1S/C23H33N5O5S2/c1-16(2)15-18(25-21(30)17-9-5-4-6-10-17)20(29)22-26-27-23(33-22)34-14-13-28(3)35(31,32)19-11-7-8-12-24-19/h7-8,11-12,16-18H,4-6,9-10,13-15H2,1-3H3,(H,25,30)/t18-/m0/s1. The van der Waals surface area contributed by atoms with E-state index in [9.17, 15) is 18.0 Å². The first-order valence-corrected chi connectivity index (χ1v) is 14.3. The Labute approximate surface area is 210 Å². The van der Waals surface area contributed by atoms with Crippen molar-refractivity contribution in [1.82, 2.24) is 24.8 Å². The Balaban J connectivity index is 1.57. The van der Waals surface area contributed by atoms with Crippen molar-refractivity contribution < 1.29 is 22.4 Å². The average Bonchev–Trinajstić information content (AvgIpc) is 3.32. The second-order valence-electron chi connectivity index (χ2n) is 9.11. The number of aromatic nitrogens is 3. The van der Waals surface area contributed by atoms with E-state index in [0.29, 0.717) is 12.2 Å². The van der Waals surface area contributed by atoms with Gasteiger partial charge in [0.1, 0.15) is 0 Å². The summed E-state index contributed by atoms with van der Waals surface area (Å²) in [5.41, 5.74) is 0. The molecule has 3 rings (SSSR count). The quantitative estimate of drug-likeness (QED) is 0.329. The molecule has 2 aromatic rings. The number of rotatable bonds is 12. The third-order valence-corrected chi connectivity index (χ3v) is 8.45. The first-order valence-electron chi connectivity index (χ1n) is 11.9. The van der Waals surface area contributed by atoms with Gasteiger partial charge in [0, 0.05) is 31.5 Å². The van der Waals surface area contributed by atoms with Gasteiger partial charge in [0.05, 0.1) is 6.04 Å². The summed E-state index contributed by atoms with van der Waals surface area (Å²) < 4.78 is 31.9. The number of sulfonamides is 1. The minimum absolute atomic E-state index is 0.0235. The van der Waals surface area contributed by atoms with Crippen molar-refractivity contribution in [3.8, 4) is 0 Å². The predicted molar refractivity (Wildman–Crippen MR) is 131 cm³/mol. The zero-order valence-corrected chi connectivity index (χ0v) is 22.0. The lowest BCUT2D eigenvalue weighted by Crippen LogP contribution is -2.45. The molecule has 1 aliphatic carbocycles.